The maximum absolute atomic E-state index is 9.92. The van der Waals surface area contributed by atoms with Gasteiger partial charge in [-0.25, -0.2) is 0 Å². The van der Waals surface area contributed by atoms with Gasteiger partial charge < -0.3 is 9.52 Å². The summed E-state index contributed by atoms with van der Waals surface area (Å²) in [5.41, 5.74) is 4.16. The van der Waals surface area contributed by atoms with E-state index in [9.17, 15) is 5.11 Å². The minimum atomic E-state index is 0.158. The van der Waals surface area contributed by atoms with E-state index in [1.54, 1.807) is 6.26 Å². The lowest BCUT2D eigenvalue weighted by molar-refractivity contribution is 0.0215. The number of piperidine rings is 1. The predicted molar refractivity (Wildman–Crippen MR) is 90.6 cm³/mol. The molecule has 0 radical (unpaired) electrons. The molecule has 1 saturated heterocycles. The number of aryl methyl sites for hydroxylation is 1. The van der Waals surface area contributed by atoms with E-state index in [1.165, 1.54) is 16.7 Å². The van der Waals surface area contributed by atoms with Gasteiger partial charge >= 0.3 is 0 Å². The Kier molecular flexibility index (Phi) is 3.31. The first kappa shape index (κ1) is 14.8. The zero-order valence-electron chi connectivity index (χ0n) is 14.2. The van der Waals surface area contributed by atoms with E-state index in [0.717, 1.165) is 31.7 Å². The molecule has 2 aliphatic rings. The van der Waals surface area contributed by atoms with Crippen molar-refractivity contribution in [3.63, 3.8) is 0 Å². The summed E-state index contributed by atoms with van der Waals surface area (Å²) in [6, 6.07) is 8.52. The number of benzene rings is 1. The molecule has 2 aromatic rings. The van der Waals surface area contributed by atoms with E-state index in [2.05, 4.69) is 31.7 Å². The summed E-state index contributed by atoms with van der Waals surface area (Å²) in [7, 11) is 0. The van der Waals surface area contributed by atoms with Crippen molar-refractivity contribution in [3.8, 4) is 5.75 Å². The second-order valence-electron chi connectivity index (χ2n) is 7.57. The van der Waals surface area contributed by atoms with Gasteiger partial charge in [-0.2, -0.15) is 0 Å². The third-order valence-electron chi connectivity index (χ3n) is 6.42. The number of fused-ring (bicyclic) bond motifs is 4. The monoisotopic (exact) mass is 311 g/mol. The van der Waals surface area contributed by atoms with Gasteiger partial charge in [-0.05, 0) is 72.5 Å². The molecule has 1 aromatic carbocycles. The molecular weight excluding hydrogens is 286 g/mol. The number of furan rings is 1. The average molecular weight is 311 g/mol. The lowest BCUT2D eigenvalue weighted by atomic mass is 9.59. The quantitative estimate of drug-likeness (QED) is 0.910. The Labute approximate surface area is 137 Å². The van der Waals surface area contributed by atoms with Crippen LogP contribution in [-0.2, 0) is 18.4 Å². The maximum atomic E-state index is 9.92. The molecule has 2 bridgehead atoms. The largest absolute Gasteiger partial charge is 0.508 e. The second kappa shape index (κ2) is 5.13. The molecule has 1 aromatic heterocycles. The van der Waals surface area contributed by atoms with Gasteiger partial charge in [0.05, 0.1) is 12.8 Å². The van der Waals surface area contributed by atoms with Crippen LogP contribution in [0.2, 0.25) is 0 Å². The second-order valence-corrected chi connectivity index (χ2v) is 7.57. The fraction of sp³-hybridized carbons (Fsp3) is 0.500. The zero-order valence-corrected chi connectivity index (χ0v) is 14.2. The van der Waals surface area contributed by atoms with Crippen molar-refractivity contribution >= 4 is 0 Å². The lowest BCUT2D eigenvalue weighted by Gasteiger charge is -2.54. The first-order valence-corrected chi connectivity index (χ1v) is 8.58. The van der Waals surface area contributed by atoms with Gasteiger partial charge in [0.2, 0.25) is 0 Å². The molecule has 1 aliphatic heterocycles. The van der Waals surface area contributed by atoms with E-state index in [1.807, 2.05) is 18.2 Å². The van der Waals surface area contributed by atoms with Crippen molar-refractivity contribution in [1.29, 1.82) is 0 Å². The highest BCUT2D eigenvalue weighted by Gasteiger charge is 2.48. The van der Waals surface area contributed by atoms with E-state index in [4.69, 9.17) is 4.42 Å². The fourth-order valence-corrected chi connectivity index (χ4v) is 4.64. The summed E-state index contributed by atoms with van der Waals surface area (Å²) in [6.45, 7) is 8.85. The Bertz CT molecular complexity index is 735. The van der Waals surface area contributed by atoms with Gasteiger partial charge in [0, 0.05) is 6.04 Å². The summed E-state index contributed by atoms with van der Waals surface area (Å²) >= 11 is 0. The maximum Gasteiger partial charge on any atom is 0.120 e. The molecule has 23 heavy (non-hydrogen) atoms. The number of phenols is 1. The van der Waals surface area contributed by atoms with Gasteiger partial charge in [0.1, 0.15) is 11.5 Å². The van der Waals surface area contributed by atoms with Crippen LogP contribution in [0.1, 0.15) is 42.7 Å². The van der Waals surface area contributed by atoms with Crippen molar-refractivity contribution < 1.29 is 9.52 Å². The SMILES string of the molecule is Cc1ccoc1CN1CC[C@@]2(C)c3cc(O)ccc3CC1[C@@H]2C. The van der Waals surface area contributed by atoms with Gasteiger partial charge in [0.15, 0.2) is 0 Å². The molecule has 0 spiro atoms. The molecule has 3 nitrogen and oxygen atoms in total. The number of nitrogens with zero attached hydrogens (tertiary/aromatic N) is 1. The molecule has 4 rings (SSSR count). The molecule has 1 unspecified atom stereocenters. The van der Waals surface area contributed by atoms with Crippen molar-refractivity contribution in [2.24, 2.45) is 5.92 Å². The highest BCUT2D eigenvalue weighted by molar-refractivity contribution is 5.44. The molecule has 1 fully saturated rings. The van der Waals surface area contributed by atoms with Crippen LogP contribution < -0.4 is 0 Å². The number of aromatic hydroxyl groups is 1. The normalized spacial score (nSPS) is 30.2. The smallest absolute Gasteiger partial charge is 0.120 e. The number of phenolic OH excluding ortho intramolecular Hbond substituents is 1. The Morgan fingerprint density at radius 1 is 1.35 bits per heavy atom. The van der Waals surface area contributed by atoms with E-state index in [-0.39, 0.29) is 5.41 Å². The Morgan fingerprint density at radius 2 is 2.17 bits per heavy atom. The highest BCUT2D eigenvalue weighted by Crippen LogP contribution is 2.49. The van der Waals surface area contributed by atoms with Crippen LogP contribution in [0.15, 0.2) is 34.9 Å². The minimum absolute atomic E-state index is 0.158. The molecular formula is C20H25NO2. The minimum Gasteiger partial charge on any atom is -0.508 e. The Balaban J connectivity index is 1.68. The first-order chi connectivity index (χ1) is 11.0. The van der Waals surface area contributed by atoms with Gasteiger partial charge in [-0.1, -0.05) is 19.9 Å². The molecule has 2 heterocycles. The first-order valence-electron chi connectivity index (χ1n) is 8.58. The topological polar surface area (TPSA) is 36.6 Å². The van der Waals surface area contributed by atoms with Crippen molar-refractivity contribution in [3.05, 3.63) is 53.0 Å². The Morgan fingerprint density at radius 3 is 2.91 bits per heavy atom. The number of rotatable bonds is 2. The van der Waals surface area contributed by atoms with Crippen LogP contribution in [0, 0.1) is 12.8 Å². The fourth-order valence-electron chi connectivity index (χ4n) is 4.64. The summed E-state index contributed by atoms with van der Waals surface area (Å²) in [4.78, 5) is 2.59. The number of hydrogen-bond donors (Lipinski definition) is 1. The standard InChI is InChI=1S/C20H25NO2/c1-13-6-9-23-19(13)12-21-8-7-20(3)14(2)18(21)10-15-4-5-16(22)11-17(15)20/h4-6,9,11,14,18,22H,7-8,10,12H2,1-3H3/t14-,18?,20+/m0/s1. The van der Waals surface area contributed by atoms with Crippen molar-refractivity contribution in [2.45, 2.75) is 51.6 Å². The molecule has 1 aliphatic carbocycles. The molecule has 0 amide bonds. The van der Waals surface area contributed by atoms with Crippen molar-refractivity contribution in [2.75, 3.05) is 6.54 Å². The molecule has 3 heteroatoms. The molecule has 3 atom stereocenters. The van der Waals surface area contributed by atoms with E-state index >= 15 is 0 Å². The molecule has 0 saturated carbocycles. The van der Waals surface area contributed by atoms with Crippen LogP contribution in [0.3, 0.4) is 0 Å². The van der Waals surface area contributed by atoms with Crippen molar-refractivity contribution in [1.82, 2.24) is 4.90 Å². The Hall–Kier alpha value is -1.74. The third-order valence-corrected chi connectivity index (χ3v) is 6.42. The molecule has 1 N–H and O–H groups in total. The summed E-state index contributed by atoms with van der Waals surface area (Å²) < 4.78 is 5.68. The summed E-state index contributed by atoms with van der Waals surface area (Å²) in [5.74, 6) is 2.06. The lowest BCUT2D eigenvalue weighted by Crippen LogP contribution is -2.57. The van der Waals surface area contributed by atoms with Gasteiger partial charge in [0.25, 0.3) is 0 Å². The third kappa shape index (κ3) is 2.21. The van der Waals surface area contributed by atoms with Crippen LogP contribution in [0.25, 0.3) is 0 Å². The number of likely N-dealkylation sites (tertiary alicyclic amines) is 1. The highest BCUT2D eigenvalue weighted by atomic mass is 16.3. The van der Waals surface area contributed by atoms with E-state index < -0.39 is 0 Å². The van der Waals surface area contributed by atoms with Gasteiger partial charge in [-0.3, -0.25) is 4.90 Å². The zero-order chi connectivity index (χ0) is 16.2. The number of hydrogen-bond acceptors (Lipinski definition) is 3. The van der Waals surface area contributed by atoms with Gasteiger partial charge in [-0.15, -0.1) is 0 Å². The van der Waals surface area contributed by atoms with E-state index in [0.29, 0.717) is 17.7 Å². The van der Waals surface area contributed by atoms with Crippen LogP contribution in [0.5, 0.6) is 5.75 Å². The van der Waals surface area contributed by atoms with Crippen LogP contribution in [0.4, 0.5) is 0 Å². The predicted octanol–water partition coefficient (Wildman–Crippen LogP) is 4.02. The molecule has 122 valence electrons. The van der Waals surface area contributed by atoms with Crippen LogP contribution in [-0.4, -0.2) is 22.6 Å². The average Bonchev–Trinajstić information content (AvgIpc) is 2.92. The van der Waals surface area contributed by atoms with Crippen LogP contribution >= 0.6 is 0 Å². The summed E-state index contributed by atoms with van der Waals surface area (Å²) in [5, 5.41) is 9.92. The summed E-state index contributed by atoms with van der Waals surface area (Å²) in [6.07, 6.45) is 3.98.